The zero-order chi connectivity index (χ0) is 17.9. The molecule has 7 nitrogen and oxygen atoms in total. The standard InChI is InChI=1S/C18H19N3O4/c22-14(10-18(17(24)25)7-3-8-18)20-11-15(23)21-13-6-1-4-12-5-2-9-19-16(12)13/h1-2,4-6,9H,3,7-8,10-11H2,(H,20,22)(H,21,23)(H,24,25). The van der Waals surface area contributed by atoms with E-state index in [9.17, 15) is 19.5 Å². The summed E-state index contributed by atoms with van der Waals surface area (Å²) in [5.74, 6) is -1.75. The van der Waals surface area contributed by atoms with E-state index in [2.05, 4.69) is 15.6 Å². The number of aromatic nitrogens is 1. The van der Waals surface area contributed by atoms with Gasteiger partial charge in [0.1, 0.15) is 0 Å². The van der Waals surface area contributed by atoms with Crippen LogP contribution in [-0.2, 0) is 14.4 Å². The predicted molar refractivity (Wildman–Crippen MR) is 91.9 cm³/mol. The smallest absolute Gasteiger partial charge is 0.310 e. The van der Waals surface area contributed by atoms with E-state index in [1.165, 1.54) is 0 Å². The molecule has 0 saturated heterocycles. The van der Waals surface area contributed by atoms with E-state index >= 15 is 0 Å². The number of nitrogens with one attached hydrogen (secondary N) is 2. The Balaban J connectivity index is 1.56. The molecule has 3 rings (SSSR count). The van der Waals surface area contributed by atoms with Gasteiger partial charge in [-0.05, 0) is 25.0 Å². The molecule has 1 aromatic carbocycles. The van der Waals surface area contributed by atoms with Crippen molar-refractivity contribution in [1.29, 1.82) is 0 Å². The van der Waals surface area contributed by atoms with Gasteiger partial charge in [0, 0.05) is 18.0 Å². The molecular weight excluding hydrogens is 322 g/mol. The van der Waals surface area contributed by atoms with E-state index in [0.717, 1.165) is 11.8 Å². The van der Waals surface area contributed by atoms with Gasteiger partial charge in [-0.2, -0.15) is 0 Å². The van der Waals surface area contributed by atoms with Crippen LogP contribution < -0.4 is 10.6 Å². The number of hydrogen-bond acceptors (Lipinski definition) is 4. The lowest BCUT2D eigenvalue weighted by molar-refractivity contribution is -0.157. The van der Waals surface area contributed by atoms with Gasteiger partial charge in [0.15, 0.2) is 0 Å². The summed E-state index contributed by atoms with van der Waals surface area (Å²) in [6.07, 6.45) is 3.37. The van der Waals surface area contributed by atoms with Crippen molar-refractivity contribution in [2.45, 2.75) is 25.7 Å². The predicted octanol–water partition coefficient (Wildman–Crippen LogP) is 1.93. The normalized spacial score (nSPS) is 15.2. The van der Waals surface area contributed by atoms with Crippen molar-refractivity contribution in [1.82, 2.24) is 10.3 Å². The lowest BCUT2D eigenvalue weighted by Gasteiger charge is -2.36. The topological polar surface area (TPSA) is 108 Å². The van der Waals surface area contributed by atoms with Crippen LogP contribution in [0.3, 0.4) is 0 Å². The molecule has 0 atom stereocenters. The first-order valence-corrected chi connectivity index (χ1v) is 8.14. The number of carboxylic acid groups (broad SMARTS) is 1. The molecule has 0 bridgehead atoms. The fourth-order valence-electron chi connectivity index (χ4n) is 3.02. The van der Waals surface area contributed by atoms with Crippen LogP contribution in [0, 0.1) is 5.41 Å². The Kier molecular flexibility index (Phi) is 4.65. The minimum Gasteiger partial charge on any atom is -0.481 e. The maximum absolute atomic E-state index is 12.1. The molecular formula is C18H19N3O4. The number of aliphatic carboxylic acids is 1. The summed E-state index contributed by atoms with van der Waals surface area (Å²) in [6.45, 7) is -0.211. The van der Waals surface area contributed by atoms with Crippen molar-refractivity contribution in [2.24, 2.45) is 5.41 Å². The summed E-state index contributed by atoms with van der Waals surface area (Å²) in [7, 11) is 0. The number of pyridine rings is 1. The summed E-state index contributed by atoms with van der Waals surface area (Å²) >= 11 is 0. The van der Waals surface area contributed by atoms with E-state index in [0.29, 0.717) is 24.0 Å². The maximum Gasteiger partial charge on any atom is 0.310 e. The molecule has 1 heterocycles. The number of para-hydroxylation sites is 1. The van der Waals surface area contributed by atoms with Crippen molar-refractivity contribution in [3.63, 3.8) is 0 Å². The fraction of sp³-hybridized carbons (Fsp3) is 0.333. The highest BCUT2D eigenvalue weighted by atomic mass is 16.4. The number of carbonyl (C=O) groups excluding carboxylic acids is 2. The number of carboxylic acids is 1. The second-order valence-electron chi connectivity index (χ2n) is 6.32. The zero-order valence-corrected chi connectivity index (χ0v) is 13.6. The average molecular weight is 341 g/mol. The molecule has 3 N–H and O–H groups in total. The molecule has 1 aromatic heterocycles. The van der Waals surface area contributed by atoms with Crippen LogP contribution in [-0.4, -0.2) is 34.4 Å². The van der Waals surface area contributed by atoms with Crippen molar-refractivity contribution in [3.8, 4) is 0 Å². The highest BCUT2D eigenvalue weighted by Gasteiger charge is 2.45. The number of fused-ring (bicyclic) bond motifs is 1. The first kappa shape index (κ1) is 16.9. The molecule has 1 saturated carbocycles. The molecule has 0 aliphatic heterocycles. The van der Waals surface area contributed by atoms with Gasteiger partial charge >= 0.3 is 5.97 Å². The van der Waals surface area contributed by atoms with Gasteiger partial charge in [-0.3, -0.25) is 19.4 Å². The lowest BCUT2D eigenvalue weighted by atomic mass is 9.66. The third-order valence-corrected chi connectivity index (χ3v) is 4.62. The summed E-state index contributed by atoms with van der Waals surface area (Å²) in [5.41, 5.74) is 0.280. The Morgan fingerprint density at radius 1 is 1.12 bits per heavy atom. The highest BCUT2D eigenvalue weighted by molar-refractivity contribution is 6.01. The van der Waals surface area contributed by atoms with Crippen molar-refractivity contribution >= 4 is 34.4 Å². The molecule has 7 heteroatoms. The van der Waals surface area contributed by atoms with E-state index in [1.54, 1.807) is 12.3 Å². The summed E-state index contributed by atoms with van der Waals surface area (Å²) < 4.78 is 0. The fourth-order valence-corrected chi connectivity index (χ4v) is 3.02. The van der Waals surface area contributed by atoms with Crippen LogP contribution >= 0.6 is 0 Å². The first-order valence-electron chi connectivity index (χ1n) is 8.14. The van der Waals surface area contributed by atoms with E-state index in [1.807, 2.05) is 24.3 Å². The average Bonchev–Trinajstić information content (AvgIpc) is 2.56. The number of hydrogen-bond donors (Lipinski definition) is 3. The quantitative estimate of drug-likeness (QED) is 0.744. The van der Waals surface area contributed by atoms with Crippen LogP contribution in [0.15, 0.2) is 36.5 Å². The third-order valence-electron chi connectivity index (χ3n) is 4.62. The van der Waals surface area contributed by atoms with Crippen LogP contribution in [0.2, 0.25) is 0 Å². The van der Waals surface area contributed by atoms with Crippen molar-refractivity contribution in [3.05, 3.63) is 36.5 Å². The van der Waals surface area contributed by atoms with Crippen LogP contribution in [0.4, 0.5) is 5.69 Å². The molecule has 0 unspecified atom stereocenters. The summed E-state index contributed by atoms with van der Waals surface area (Å²) in [4.78, 5) is 39.6. The molecule has 0 radical (unpaired) electrons. The lowest BCUT2D eigenvalue weighted by Crippen LogP contribution is -2.43. The SMILES string of the molecule is O=C(CC1(C(=O)O)CCC1)NCC(=O)Nc1cccc2cccnc12. The van der Waals surface area contributed by atoms with Gasteiger partial charge < -0.3 is 15.7 Å². The van der Waals surface area contributed by atoms with Gasteiger partial charge in [-0.25, -0.2) is 0 Å². The van der Waals surface area contributed by atoms with E-state index in [-0.39, 0.29) is 18.9 Å². The zero-order valence-electron chi connectivity index (χ0n) is 13.6. The largest absolute Gasteiger partial charge is 0.481 e. The van der Waals surface area contributed by atoms with Crippen LogP contribution in [0.1, 0.15) is 25.7 Å². The van der Waals surface area contributed by atoms with Crippen molar-refractivity contribution < 1.29 is 19.5 Å². The first-order chi connectivity index (χ1) is 12.0. The van der Waals surface area contributed by atoms with Gasteiger partial charge in [-0.1, -0.05) is 24.6 Å². The Labute approximate surface area is 144 Å². The van der Waals surface area contributed by atoms with Gasteiger partial charge in [-0.15, -0.1) is 0 Å². The van der Waals surface area contributed by atoms with Gasteiger partial charge in [0.2, 0.25) is 11.8 Å². The molecule has 1 aliphatic carbocycles. The molecule has 130 valence electrons. The number of amides is 2. The summed E-state index contributed by atoms with van der Waals surface area (Å²) in [6, 6.07) is 9.15. The summed E-state index contributed by atoms with van der Waals surface area (Å²) in [5, 5.41) is 15.4. The second-order valence-corrected chi connectivity index (χ2v) is 6.32. The number of rotatable bonds is 6. The second kappa shape index (κ2) is 6.88. The molecule has 2 aromatic rings. The number of anilines is 1. The van der Waals surface area contributed by atoms with Crippen molar-refractivity contribution in [2.75, 3.05) is 11.9 Å². The van der Waals surface area contributed by atoms with Gasteiger partial charge in [0.25, 0.3) is 0 Å². The molecule has 0 spiro atoms. The molecule has 25 heavy (non-hydrogen) atoms. The molecule has 1 fully saturated rings. The third kappa shape index (κ3) is 3.60. The molecule has 2 amide bonds. The number of carbonyl (C=O) groups is 3. The maximum atomic E-state index is 12.1. The molecule has 1 aliphatic rings. The highest BCUT2D eigenvalue weighted by Crippen LogP contribution is 2.44. The van der Waals surface area contributed by atoms with E-state index < -0.39 is 17.3 Å². The minimum atomic E-state index is -0.958. The minimum absolute atomic E-state index is 0.0918. The number of nitrogens with zero attached hydrogens (tertiary/aromatic N) is 1. The Bertz CT molecular complexity index is 825. The monoisotopic (exact) mass is 341 g/mol. The Hall–Kier alpha value is -2.96. The van der Waals surface area contributed by atoms with E-state index in [4.69, 9.17) is 0 Å². The van der Waals surface area contributed by atoms with Gasteiger partial charge in [0.05, 0.1) is 23.2 Å². The van der Waals surface area contributed by atoms with Crippen LogP contribution in [0.5, 0.6) is 0 Å². The Morgan fingerprint density at radius 3 is 2.56 bits per heavy atom. The van der Waals surface area contributed by atoms with Crippen LogP contribution in [0.25, 0.3) is 10.9 Å². The Morgan fingerprint density at radius 2 is 1.88 bits per heavy atom. The number of benzene rings is 1.